The fourth-order valence-electron chi connectivity index (χ4n) is 2.54. The van der Waals surface area contributed by atoms with Gasteiger partial charge in [0, 0.05) is 10.9 Å². The van der Waals surface area contributed by atoms with E-state index in [0.29, 0.717) is 6.42 Å². The summed E-state index contributed by atoms with van der Waals surface area (Å²) >= 11 is 0. The minimum absolute atomic E-state index is 0.430. The Labute approximate surface area is 122 Å². The maximum absolute atomic E-state index is 11.0. The van der Waals surface area contributed by atoms with Gasteiger partial charge in [0.25, 0.3) is 0 Å². The quantitative estimate of drug-likeness (QED) is 0.772. The largest absolute Gasteiger partial charge is 0.481 e. The first kappa shape index (κ1) is 13.4. The molecule has 0 aliphatic rings. The van der Waals surface area contributed by atoms with Gasteiger partial charge in [0.2, 0.25) is 0 Å². The summed E-state index contributed by atoms with van der Waals surface area (Å²) in [5.41, 5.74) is 3.85. The lowest BCUT2D eigenvalue weighted by Crippen LogP contribution is -2.12. The number of carboxylic acid groups (broad SMARTS) is 1. The van der Waals surface area contributed by atoms with Gasteiger partial charge in [-0.2, -0.15) is 0 Å². The summed E-state index contributed by atoms with van der Waals surface area (Å²) in [6.45, 7) is 1.71. The molecular formula is C18H16O3. The minimum Gasteiger partial charge on any atom is -0.481 e. The van der Waals surface area contributed by atoms with E-state index < -0.39 is 11.9 Å². The van der Waals surface area contributed by atoms with Crippen molar-refractivity contribution in [2.24, 2.45) is 5.92 Å². The van der Waals surface area contributed by atoms with Crippen molar-refractivity contribution in [3.8, 4) is 11.1 Å². The van der Waals surface area contributed by atoms with Crippen molar-refractivity contribution in [2.45, 2.75) is 13.3 Å². The fourth-order valence-corrected chi connectivity index (χ4v) is 2.54. The number of para-hydroxylation sites is 1. The zero-order valence-corrected chi connectivity index (χ0v) is 11.7. The molecule has 0 aliphatic heterocycles. The Morgan fingerprint density at radius 2 is 1.90 bits per heavy atom. The number of carbonyl (C=O) groups is 1. The van der Waals surface area contributed by atoms with Crippen LogP contribution in [0.2, 0.25) is 0 Å². The summed E-state index contributed by atoms with van der Waals surface area (Å²) < 4.78 is 5.72. The second-order valence-electron chi connectivity index (χ2n) is 5.25. The average molecular weight is 280 g/mol. The predicted molar refractivity (Wildman–Crippen MR) is 82.2 cm³/mol. The van der Waals surface area contributed by atoms with Crippen molar-refractivity contribution >= 4 is 16.9 Å². The van der Waals surface area contributed by atoms with Gasteiger partial charge in [0.05, 0.1) is 12.2 Å². The molecule has 2 aromatic carbocycles. The van der Waals surface area contributed by atoms with Gasteiger partial charge < -0.3 is 9.52 Å². The molecule has 0 radical (unpaired) electrons. The molecule has 0 saturated heterocycles. The van der Waals surface area contributed by atoms with Crippen molar-refractivity contribution in [3.63, 3.8) is 0 Å². The van der Waals surface area contributed by atoms with Crippen LogP contribution in [0.25, 0.3) is 22.1 Å². The van der Waals surface area contributed by atoms with E-state index in [9.17, 15) is 4.79 Å². The maximum atomic E-state index is 11.0. The van der Waals surface area contributed by atoms with Gasteiger partial charge in [-0.05, 0) is 17.5 Å². The van der Waals surface area contributed by atoms with Crippen molar-refractivity contribution in [1.82, 2.24) is 0 Å². The molecule has 0 aliphatic carbocycles. The molecule has 0 spiro atoms. The summed E-state index contributed by atoms with van der Waals surface area (Å²) in [4.78, 5) is 11.0. The lowest BCUT2D eigenvalue weighted by atomic mass is 9.97. The number of furan rings is 1. The Bertz CT molecular complexity index is 772. The van der Waals surface area contributed by atoms with E-state index in [1.165, 1.54) is 0 Å². The highest BCUT2D eigenvalue weighted by Gasteiger charge is 2.16. The molecule has 0 saturated carbocycles. The van der Waals surface area contributed by atoms with Crippen LogP contribution in [0.3, 0.4) is 0 Å². The van der Waals surface area contributed by atoms with Gasteiger partial charge in [-0.25, -0.2) is 0 Å². The Morgan fingerprint density at radius 1 is 1.14 bits per heavy atom. The SMILES string of the molecule is CC(Cc1cccc2c(-c3ccccc3)coc12)C(=O)O. The number of hydrogen-bond donors (Lipinski definition) is 1. The summed E-state index contributed by atoms with van der Waals surface area (Å²) in [5.74, 6) is -1.22. The van der Waals surface area contributed by atoms with Crippen LogP contribution in [0.15, 0.2) is 59.2 Å². The lowest BCUT2D eigenvalue weighted by molar-refractivity contribution is -0.141. The minimum atomic E-state index is -0.790. The molecule has 3 rings (SSSR count). The Hall–Kier alpha value is -2.55. The van der Waals surface area contributed by atoms with E-state index in [1.807, 2.05) is 48.5 Å². The smallest absolute Gasteiger partial charge is 0.306 e. The van der Waals surface area contributed by atoms with Gasteiger partial charge >= 0.3 is 5.97 Å². The second-order valence-corrected chi connectivity index (χ2v) is 5.25. The Balaban J connectivity index is 2.06. The first-order chi connectivity index (χ1) is 10.2. The summed E-state index contributed by atoms with van der Waals surface area (Å²) in [6, 6.07) is 15.9. The van der Waals surface area contributed by atoms with E-state index in [1.54, 1.807) is 13.2 Å². The third-order valence-electron chi connectivity index (χ3n) is 3.71. The van der Waals surface area contributed by atoms with E-state index in [2.05, 4.69) is 0 Å². The van der Waals surface area contributed by atoms with Gasteiger partial charge in [-0.15, -0.1) is 0 Å². The van der Waals surface area contributed by atoms with Crippen molar-refractivity contribution in [3.05, 3.63) is 60.4 Å². The monoisotopic (exact) mass is 280 g/mol. The zero-order chi connectivity index (χ0) is 14.8. The molecule has 1 atom stereocenters. The number of rotatable bonds is 4. The molecule has 21 heavy (non-hydrogen) atoms. The lowest BCUT2D eigenvalue weighted by Gasteiger charge is -2.06. The van der Waals surface area contributed by atoms with Crippen LogP contribution in [0, 0.1) is 5.92 Å². The van der Waals surface area contributed by atoms with Gasteiger partial charge in [-0.1, -0.05) is 55.5 Å². The predicted octanol–water partition coefficient (Wildman–Crippen LogP) is 4.36. The highest BCUT2D eigenvalue weighted by atomic mass is 16.4. The van der Waals surface area contributed by atoms with Crippen LogP contribution in [0.5, 0.6) is 0 Å². The van der Waals surface area contributed by atoms with Crippen LogP contribution >= 0.6 is 0 Å². The first-order valence-corrected chi connectivity index (χ1v) is 6.94. The molecular weight excluding hydrogens is 264 g/mol. The first-order valence-electron chi connectivity index (χ1n) is 6.94. The van der Waals surface area contributed by atoms with Gasteiger partial charge in [0.15, 0.2) is 0 Å². The number of hydrogen-bond acceptors (Lipinski definition) is 2. The molecule has 0 bridgehead atoms. The molecule has 106 valence electrons. The fraction of sp³-hybridized carbons (Fsp3) is 0.167. The summed E-state index contributed by atoms with van der Waals surface area (Å²) in [6.07, 6.45) is 2.21. The van der Waals surface area contributed by atoms with Crippen LogP contribution in [-0.4, -0.2) is 11.1 Å². The highest BCUT2D eigenvalue weighted by molar-refractivity contribution is 5.95. The molecule has 3 heteroatoms. The normalized spacial score (nSPS) is 12.4. The van der Waals surface area contributed by atoms with Crippen LogP contribution in [0.4, 0.5) is 0 Å². The topological polar surface area (TPSA) is 50.4 Å². The number of aliphatic carboxylic acids is 1. The summed E-state index contributed by atoms with van der Waals surface area (Å²) in [7, 11) is 0. The summed E-state index contributed by atoms with van der Waals surface area (Å²) in [5, 5.41) is 10.1. The highest BCUT2D eigenvalue weighted by Crippen LogP contribution is 2.33. The van der Waals surface area contributed by atoms with Gasteiger partial charge in [-0.3, -0.25) is 4.79 Å². The van der Waals surface area contributed by atoms with E-state index in [0.717, 1.165) is 27.7 Å². The second kappa shape index (κ2) is 5.44. The molecule has 1 unspecified atom stereocenters. The Kier molecular flexibility index (Phi) is 3.48. The van der Waals surface area contributed by atoms with E-state index in [4.69, 9.17) is 9.52 Å². The van der Waals surface area contributed by atoms with Crippen LogP contribution < -0.4 is 0 Å². The van der Waals surface area contributed by atoms with E-state index in [-0.39, 0.29) is 0 Å². The molecule has 1 aromatic heterocycles. The standard InChI is InChI=1S/C18H16O3/c1-12(18(19)20)10-14-8-5-9-15-16(11-21-17(14)15)13-6-3-2-4-7-13/h2-9,11-12H,10H2,1H3,(H,19,20). The number of benzene rings is 2. The third kappa shape index (κ3) is 2.55. The van der Waals surface area contributed by atoms with Crippen molar-refractivity contribution in [2.75, 3.05) is 0 Å². The molecule has 3 aromatic rings. The van der Waals surface area contributed by atoms with Gasteiger partial charge in [0.1, 0.15) is 5.58 Å². The average Bonchev–Trinajstić information content (AvgIpc) is 2.93. The number of carboxylic acids is 1. The zero-order valence-electron chi connectivity index (χ0n) is 11.7. The third-order valence-corrected chi connectivity index (χ3v) is 3.71. The van der Waals surface area contributed by atoms with Crippen molar-refractivity contribution < 1.29 is 14.3 Å². The number of fused-ring (bicyclic) bond motifs is 1. The maximum Gasteiger partial charge on any atom is 0.306 e. The van der Waals surface area contributed by atoms with Crippen LogP contribution in [0.1, 0.15) is 12.5 Å². The van der Waals surface area contributed by atoms with Crippen LogP contribution in [-0.2, 0) is 11.2 Å². The Morgan fingerprint density at radius 3 is 2.62 bits per heavy atom. The molecule has 0 amide bonds. The molecule has 3 nitrogen and oxygen atoms in total. The molecule has 1 N–H and O–H groups in total. The van der Waals surface area contributed by atoms with Crippen molar-refractivity contribution in [1.29, 1.82) is 0 Å². The molecule has 1 heterocycles. The van der Waals surface area contributed by atoms with E-state index >= 15 is 0 Å². The molecule has 0 fully saturated rings.